The maximum absolute atomic E-state index is 12.4. The molecule has 0 spiro atoms. The SMILES string of the molecule is CO[C@@H]1CN[C@@H](C(=O)NC2CCCN(c3ccccc3Cl)C2)C1.Cl. The Morgan fingerprint density at radius 2 is 2.21 bits per heavy atom. The average Bonchev–Trinajstić information content (AvgIpc) is 3.05. The standard InChI is InChI=1S/C17H24ClN3O2.ClH/c1-23-13-9-15(19-10-13)17(22)20-12-5-4-8-21(11-12)16-7-3-2-6-14(16)18;/h2-3,6-7,12-13,15,19H,4-5,8-11H2,1H3,(H,20,22);1H/t12?,13-,15+;/m0./s1. The van der Waals surface area contributed by atoms with Crippen LogP contribution in [0.5, 0.6) is 0 Å². The minimum atomic E-state index is -0.143. The molecule has 2 N–H and O–H groups in total. The van der Waals surface area contributed by atoms with E-state index in [1.165, 1.54) is 0 Å². The maximum atomic E-state index is 12.4. The smallest absolute Gasteiger partial charge is 0.237 e. The lowest BCUT2D eigenvalue weighted by Crippen LogP contribution is -2.51. The van der Waals surface area contributed by atoms with Crippen molar-refractivity contribution in [2.24, 2.45) is 0 Å². The number of para-hydroxylation sites is 1. The highest BCUT2D eigenvalue weighted by Gasteiger charge is 2.31. The van der Waals surface area contributed by atoms with Gasteiger partial charge in [-0.05, 0) is 31.4 Å². The number of methoxy groups -OCH3 is 1. The molecule has 0 aromatic heterocycles. The zero-order valence-electron chi connectivity index (χ0n) is 13.8. The summed E-state index contributed by atoms with van der Waals surface area (Å²) in [6.07, 6.45) is 2.93. The second-order valence-corrected chi connectivity index (χ2v) is 6.71. The van der Waals surface area contributed by atoms with Crippen LogP contribution in [0, 0.1) is 0 Å². The van der Waals surface area contributed by atoms with Crippen LogP contribution in [0.4, 0.5) is 5.69 Å². The van der Waals surface area contributed by atoms with E-state index in [-0.39, 0.29) is 36.5 Å². The summed E-state index contributed by atoms with van der Waals surface area (Å²) in [5.41, 5.74) is 1.05. The number of nitrogens with zero attached hydrogens (tertiary/aromatic N) is 1. The van der Waals surface area contributed by atoms with Crippen LogP contribution in [0.3, 0.4) is 0 Å². The summed E-state index contributed by atoms with van der Waals surface area (Å²) in [7, 11) is 1.69. The highest BCUT2D eigenvalue weighted by molar-refractivity contribution is 6.33. The molecule has 5 nitrogen and oxygen atoms in total. The minimum Gasteiger partial charge on any atom is -0.380 e. The number of carbonyl (C=O) groups is 1. The fourth-order valence-corrected chi connectivity index (χ4v) is 3.66. The Bertz CT molecular complexity index is 558. The first-order valence-electron chi connectivity index (χ1n) is 8.23. The van der Waals surface area contributed by atoms with Crippen LogP contribution in [0.2, 0.25) is 5.02 Å². The Labute approximate surface area is 154 Å². The van der Waals surface area contributed by atoms with Crippen molar-refractivity contribution in [3.05, 3.63) is 29.3 Å². The first-order valence-corrected chi connectivity index (χ1v) is 8.61. The van der Waals surface area contributed by atoms with Gasteiger partial charge in [-0.2, -0.15) is 0 Å². The van der Waals surface area contributed by atoms with Crippen LogP contribution < -0.4 is 15.5 Å². The van der Waals surface area contributed by atoms with Crippen molar-refractivity contribution in [1.82, 2.24) is 10.6 Å². The lowest BCUT2D eigenvalue weighted by Gasteiger charge is -2.35. The average molecular weight is 374 g/mol. The number of rotatable bonds is 4. The molecule has 2 aliphatic heterocycles. The Morgan fingerprint density at radius 1 is 1.42 bits per heavy atom. The Hall–Kier alpha value is -1.01. The summed E-state index contributed by atoms with van der Waals surface area (Å²) >= 11 is 6.29. The van der Waals surface area contributed by atoms with Gasteiger partial charge in [0.1, 0.15) is 0 Å². The van der Waals surface area contributed by atoms with Crippen molar-refractivity contribution in [3.8, 4) is 0 Å². The summed E-state index contributed by atoms with van der Waals surface area (Å²) in [4.78, 5) is 14.7. The van der Waals surface area contributed by atoms with E-state index in [0.29, 0.717) is 0 Å². The Kier molecular flexibility index (Phi) is 7.16. The normalized spacial score (nSPS) is 26.8. The molecule has 2 saturated heterocycles. The number of ether oxygens (including phenoxy) is 1. The Morgan fingerprint density at radius 3 is 2.92 bits per heavy atom. The van der Waals surface area contributed by atoms with Crippen molar-refractivity contribution in [2.45, 2.75) is 37.5 Å². The molecule has 134 valence electrons. The van der Waals surface area contributed by atoms with Gasteiger partial charge in [0.25, 0.3) is 0 Å². The van der Waals surface area contributed by atoms with Crippen LogP contribution in [-0.2, 0) is 9.53 Å². The van der Waals surface area contributed by atoms with Crippen LogP contribution in [0.25, 0.3) is 0 Å². The van der Waals surface area contributed by atoms with Gasteiger partial charge in [0.05, 0.1) is 22.9 Å². The molecule has 0 bridgehead atoms. The fourth-order valence-electron chi connectivity index (χ4n) is 3.41. The molecule has 1 amide bonds. The molecule has 7 heteroatoms. The molecule has 0 aliphatic carbocycles. The van der Waals surface area contributed by atoms with Gasteiger partial charge in [-0.25, -0.2) is 0 Å². The first kappa shape index (κ1) is 19.3. The quantitative estimate of drug-likeness (QED) is 0.849. The topological polar surface area (TPSA) is 53.6 Å². The molecule has 0 saturated carbocycles. The zero-order chi connectivity index (χ0) is 16.2. The molecule has 1 aromatic rings. The maximum Gasteiger partial charge on any atom is 0.237 e. The molecule has 24 heavy (non-hydrogen) atoms. The van der Waals surface area contributed by atoms with Gasteiger partial charge < -0.3 is 20.3 Å². The van der Waals surface area contributed by atoms with E-state index in [9.17, 15) is 4.79 Å². The number of halogens is 2. The van der Waals surface area contributed by atoms with Gasteiger partial charge in [0, 0.05) is 32.8 Å². The summed E-state index contributed by atoms with van der Waals surface area (Å²) in [5, 5.41) is 7.17. The third-order valence-electron chi connectivity index (χ3n) is 4.70. The number of amides is 1. The predicted molar refractivity (Wildman–Crippen MR) is 99.3 cm³/mol. The molecule has 2 fully saturated rings. The van der Waals surface area contributed by atoms with Crippen molar-refractivity contribution < 1.29 is 9.53 Å². The van der Waals surface area contributed by atoms with E-state index < -0.39 is 0 Å². The number of piperidine rings is 1. The lowest BCUT2D eigenvalue weighted by molar-refractivity contribution is -0.123. The minimum absolute atomic E-state index is 0. The van der Waals surface area contributed by atoms with Crippen LogP contribution in [0.15, 0.2) is 24.3 Å². The number of benzene rings is 1. The van der Waals surface area contributed by atoms with E-state index in [4.69, 9.17) is 16.3 Å². The van der Waals surface area contributed by atoms with Crippen molar-refractivity contribution >= 4 is 35.6 Å². The predicted octanol–water partition coefficient (Wildman–Crippen LogP) is 2.22. The molecular formula is C17H25Cl2N3O2. The first-order chi connectivity index (χ1) is 11.2. The Balaban J connectivity index is 0.00000208. The zero-order valence-corrected chi connectivity index (χ0v) is 15.4. The van der Waals surface area contributed by atoms with Gasteiger partial charge in [0.2, 0.25) is 5.91 Å². The van der Waals surface area contributed by atoms with Crippen LogP contribution in [0.1, 0.15) is 19.3 Å². The van der Waals surface area contributed by atoms with E-state index in [1.807, 2.05) is 24.3 Å². The molecule has 3 atom stereocenters. The molecule has 1 aromatic carbocycles. The largest absolute Gasteiger partial charge is 0.380 e. The van der Waals surface area contributed by atoms with Gasteiger partial charge in [-0.1, -0.05) is 23.7 Å². The number of hydrogen-bond donors (Lipinski definition) is 2. The van der Waals surface area contributed by atoms with Crippen LogP contribution >= 0.6 is 24.0 Å². The van der Waals surface area contributed by atoms with E-state index >= 15 is 0 Å². The second-order valence-electron chi connectivity index (χ2n) is 6.30. The highest BCUT2D eigenvalue weighted by atomic mass is 35.5. The van der Waals surface area contributed by atoms with Crippen LogP contribution in [-0.4, -0.2) is 50.8 Å². The summed E-state index contributed by atoms with van der Waals surface area (Å²) < 4.78 is 5.30. The highest BCUT2D eigenvalue weighted by Crippen LogP contribution is 2.27. The monoisotopic (exact) mass is 373 g/mol. The van der Waals surface area contributed by atoms with Gasteiger partial charge in [-0.3, -0.25) is 4.79 Å². The third kappa shape index (κ3) is 4.54. The summed E-state index contributed by atoms with van der Waals surface area (Å²) in [6.45, 7) is 2.52. The fraction of sp³-hybridized carbons (Fsp3) is 0.588. The van der Waals surface area contributed by atoms with Gasteiger partial charge in [0.15, 0.2) is 0 Å². The van der Waals surface area contributed by atoms with Gasteiger partial charge >= 0.3 is 0 Å². The number of hydrogen-bond acceptors (Lipinski definition) is 4. The molecule has 1 unspecified atom stereocenters. The number of anilines is 1. The molecule has 3 rings (SSSR count). The lowest BCUT2D eigenvalue weighted by atomic mass is 10.0. The van der Waals surface area contributed by atoms with Gasteiger partial charge in [-0.15, -0.1) is 12.4 Å². The summed E-state index contributed by atoms with van der Waals surface area (Å²) in [5.74, 6) is 0.0792. The molecular weight excluding hydrogens is 349 g/mol. The number of carbonyl (C=O) groups excluding carboxylic acids is 1. The van der Waals surface area contributed by atoms with Crippen molar-refractivity contribution in [2.75, 3.05) is 31.6 Å². The second kappa shape index (κ2) is 8.90. The van der Waals surface area contributed by atoms with Crippen molar-refractivity contribution in [3.63, 3.8) is 0 Å². The van der Waals surface area contributed by atoms with E-state index in [0.717, 1.165) is 49.6 Å². The molecule has 2 aliphatic rings. The third-order valence-corrected chi connectivity index (χ3v) is 5.02. The number of nitrogens with one attached hydrogen (secondary N) is 2. The molecule has 0 radical (unpaired) electrons. The van der Waals surface area contributed by atoms with E-state index in [1.54, 1.807) is 7.11 Å². The molecule has 2 heterocycles. The van der Waals surface area contributed by atoms with E-state index in [2.05, 4.69) is 15.5 Å². The van der Waals surface area contributed by atoms with Crippen molar-refractivity contribution in [1.29, 1.82) is 0 Å². The summed E-state index contributed by atoms with van der Waals surface area (Å²) in [6, 6.07) is 7.90.